The van der Waals surface area contributed by atoms with E-state index in [1.807, 2.05) is 13.8 Å². The first-order chi connectivity index (χ1) is 17.7. The van der Waals surface area contributed by atoms with Gasteiger partial charge in [0.15, 0.2) is 11.6 Å². The van der Waals surface area contributed by atoms with Gasteiger partial charge in [0.25, 0.3) is 0 Å². The summed E-state index contributed by atoms with van der Waals surface area (Å²) in [5.74, 6) is -2.77. The normalized spacial score (nSPS) is 12.3. The van der Waals surface area contributed by atoms with Gasteiger partial charge in [0, 0.05) is 42.2 Å². The van der Waals surface area contributed by atoms with Crippen molar-refractivity contribution >= 4 is 50.7 Å². The van der Waals surface area contributed by atoms with Crippen LogP contribution in [0.4, 0.5) is 14.5 Å². The monoisotopic (exact) mass is 591 g/mol. The molecular formula is C26H33Cl2F2N3O4S. The molecule has 0 aromatic heterocycles. The molecule has 0 unspecified atom stereocenters. The maximum absolute atomic E-state index is 13.8. The summed E-state index contributed by atoms with van der Waals surface area (Å²) in [7, 11) is -3.85. The number of nitrogens with one attached hydrogen (secondary N) is 1. The minimum absolute atomic E-state index is 0.0431. The second kappa shape index (κ2) is 14.1. The lowest BCUT2D eigenvalue weighted by molar-refractivity contribution is -0.141. The predicted octanol–water partition coefficient (Wildman–Crippen LogP) is 5.40. The second-order valence-electron chi connectivity index (χ2n) is 9.36. The maximum Gasteiger partial charge on any atom is 0.242 e. The average molecular weight is 593 g/mol. The highest BCUT2D eigenvalue weighted by molar-refractivity contribution is 7.92. The smallest absolute Gasteiger partial charge is 0.242 e. The van der Waals surface area contributed by atoms with Crippen LogP contribution < -0.4 is 9.62 Å². The van der Waals surface area contributed by atoms with Gasteiger partial charge in [0.2, 0.25) is 21.8 Å². The Morgan fingerprint density at radius 1 is 1.05 bits per heavy atom. The molecule has 0 radical (unpaired) electrons. The van der Waals surface area contributed by atoms with Gasteiger partial charge in [-0.15, -0.1) is 0 Å². The number of sulfonamides is 1. The summed E-state index contributed by atoms with van der Waals surface area (Å²) in [6.45, 7) is 6.04. The Bertz CT molecular complexity index is 1240. The Kier molecular flexibility index (Phi) is 11.8. The van der Waals surface area contributed by atoms with E-state index in [2.05, 4.69) is 5.32 Å². The number of rotatable bonds is 13. The van der Waals surface area contributed by atoms with Crippen LogP contribution >= 0.6 is 23.2 Å². The minimum atomic E-state index is -3.85. The SMILES string of the molecule is CC[C@H](C(=O)NCC(C)C)N(Cc1ccc(Cl)cc1Cl)C(=O)CCCN(c1ccc(F)c(F)c1)S(C)(=O)=O. The lowest BCUT2D eigenvalue weighted by Crippen LogP contribution is -2.49. The van der Waals surface area contributed by atoms with Gasteiger partial charge in [-0.05, 0) is 48.6 Å². The van der Waals surface area contributed by atoms with Gasteiger partial charge >= 0.3 is 0 Å². The molecule has 0 saturated carbocycles. The summed E-state index contributed by atoms with van der Waals surface area (Å²) in [4.78, 5) is 27.9. The molecule has 1 atom stereocenters. The first-order valence-electron chi connectivity index (χ1n) is 12.2. The average Bonchev–Trinajstić information content (AvgIpc) is 2.82. The topological polar surface area (TPSA) is 86.8 Å². The van der Waals surface area contributed by atoms with Crippen LogP contribution in [-0.4, -0.2) is 50.5 Å². The fourth-order valence-electron chi connectivity index (χ4n) is 3.82. The standard InChI is InChI=1S/C26H33Cl2F2N3O4S/c1-5-24(26(35)31-15-17(2)3)32(16-18-8-9-19(27)13-21(18)28)25(34)7-6-12-33(38(4,36)37)20-10-11-22(29)23(30)14-20/h8-11,13-14,17,24H,5-7,12,15-16H2,1-4H3,(H,31,35)/t24-/m1/s1. The van der Waals surface area contributed by atoms with Gasteiger partial charge in [0.05, 0.1) is 11.9 Å². The molecule has 0 fully saturated rings. The largest absolute Gasteiger partial charge is 0.354 e. The molecule has 0 aliphatic rings. The predicted molar refractivity (Wildman–Crippen MR) is 147 cm³/mol. The van der Waals surface area contributed by atoms with Crippen LogP contribution in [0.5, 0.6) is 0 Å². The molecule has 0 heterocycles. The first kappa shape index (κ1) is 31.8. The lowest BCUT2D eigenvalue weighted by Gasteiger charge is -2.31. The van der Waals surface area contributed by atoms with Crippen LogP contribution in [0, 0.1) is 17.6 Å². The molecule has 0 bridgehead atoms. The Balaban J connectivity index is 2.26. The molecule has 38 heavy (non-hydrogen) atoms. The van der Waals surface area contributed by atoms with Crippen molar-refractivity contribution in [3.63, 3.8) is 0 Å². The fourth-order valence-corrected chi connectivity index (χ4v) is 5.25. The van der Waals surface area contributed by atoms with Crippen LogP contribution in [-0.2, 0) is 26.2 Å². The third-order valence-electron chi connectivity index (χ3n) is 5.77. The molecule has 12 heteroatoms. The van der Waals surface area contributed by atoms with Crippen LogP contribution in [0.2, 0.25) is 10.0 Å². The maximum atomic E-state index is 13.8. The zero-order valence-corrected chi connectivity index (χ0v) is 24.1. The number of nitrogens with zero attached hydrogens (tertiary/aromatic N) is 2. The summed E-state index contributed by atoms with van der Waals surface area (Å²) in [6.07, 6.45) is 1.25. The number of hydrogen-bond acceptors (Lipinski definition) is 4. The van der Waals surface area contributed by atoms with Gasteiger partial charge < -0.3 is 10.2 Å². The molecule has 2 aromatic carbocycles. The summed E-state index contributed by atoms with van der Waals surface area (Å²) in [5.41, 5.74) is 0.544. The Morgan fingerprint density at radius 2 is 1.74 bits per heavy atom. The number of hydrogen-bond donors (Lipinski definition) is 1. The number of halogens is 4. The highest BCUT2D eigenvalue weighted by atomic mass is 35.5. The van der Waals surface area contributed by atoms with E-state index in [0.717, 1.165) is 28.8 Å². The van der Waals surface area contributed by atoms with E-state index in [1.165, 1.54) is 4.90 Å². The molecule has 210 valence electrons. The van der Waals surface area contributed by atoms with Gasteiger partial charge in [-0.1, -0.05) is 50.0 Å². The van der Waals surface area contributed by atoms with Crippen molar-refractivity contribution < 1.29 is 26.8 Å². The van der Waals surface area contributed by atoms with E-state index in [0.29, 0.717) is 28.6 Å². The number of anilines is 1. The zero-order valence-electron chi connectivity index (χ0n) is 21.8. The summed E-state index contributed by atoms with van der Waals surface area (Å²) in [5, 5.41) is 3.63. The van der Waals surface area contributed by atoms with Crippen LogP contribution in [0.1, 0.15) is 45.6 Å². The highest BCUT2D eigenvalue weighted by Crippen LogP contribution is 2.25. The van der Waals surface area contributed by atoms with Crippen molar-refractivity contribution in [3.05, 3.63) is 63.6 Å². The molecule has 2 aromatic rings. The van der Waals surface area contributed by atoms with Crippen molar-refractivity contribution in [1.29, 1.82) is 0 Å². The molecule has 2 amide bonds. The molecular weight excluding hydrogens is 559 g/mol. The van der Waals surface area contributed by atoms with Crippen LogP contribution in [0.25, 0.3) is 0 Å². The van der Waals surface area contributed by atoms with Gasteiger partial charge in [-0.3, -0.25) is 13.9 Å². The first-order valence-corrected chi connectivity index (χ1v) is 14.8. The quantitative estimate of drug-likeness (QED) is 0.338. The van der Waals surface area contributed by atoms with Crippen LogP contribution in [0.15, 0.2) is 36.4 Å². The third-order valence-corrected chi connectivity index (χ3v) is 7.55. The summed E-state index contributed by atoms with van der Waals surface area (Å²) in [6, 6.07) is 6.86. The highest BCUT2D eigenvalue weighted by Gasteiger charge is 2.29. The van der Waals surface area contributed by atoms with Gasteiger partial charge in [0.1, 0.15) is 6.04 Å². The van der Waals surface area contributed by atoms with E-state index in [9.17, 15) is 26.8 Å². The summed E-state index contributed by atoms with van der Waals surface area (Å²) >= 11 is 12.3. The van der Waals surface area contributed by atoms with Crippen molar-refractivity contribution in [1.82, 2.24) is 10.2 Å². The fraction of sp³-hybridized carbons (Fsp3) is 0.462. The second-order valence-corrected chi connectivity index (χ2v) is 12.1. The van der Waals surface area contributed by atoms with Crippen LogP contribution in [0.3, 0.4) is 0 Å². The molecule has 0 spiro atoms. The van der Waals surface area contributed by atoms with E-state index < -0.39 is 27.7 Å². The third kappa shape index (κ3) is 9.10. The van der Waals surface area contributed by atoms with E-state index in [1.54, 1.807) is 25.1 Å². The molecule has 0 aliphatic carbocycles. The van der Waals surface area contributed by atoms with Gasteiger partial charge in [-0.25, -0.2) is 17.2 Å². The molecule has 1 N–H and O–H groups in total. The Morgan fingerprint density at radius 3 is 2.29 bits per heavy atom. The van der Waals surface area contributed by atoms with E-state index in [-0.39, 0.29) is 49.4 Å². The number of amides is 2. The van der Waals surface area contributed by atoms with E-state index in [4.69, 9.17) is 23.2 Å². The molecule has 0 saturated heterocycles. The minimum Gasteiger partial charge on any atom is -0.354 e. The number of carbonyl (C=O) groups is 2. The Labute approximate surface area is 233 Å². The van der Waals surface area contributed by atoms with Crippen molar-refractivity contribution in [3.8, 4) is 0 Å². The molecule has 0 aliphatic heterocycles. The van der Waals surface area contributed by atoms with Crippen molar-refractivity contribution in [2.24, 2.45) is 5.92 Å². The lowest BCUT2D eigenvalue weighted by atomic mass is 10.1. The van der Waals surface area contributed by atoms with Crippen molar-refractivity contribution in [2.45, 2.75) is 52.6 Å². The van der Waals surface area contributed by atoms with E-state index >= 15 is 0 Å². The molecule has 2 rings (SSSR count). The zero-order chi connectivity index (χ0) is 28.6. The van der Waals surface area contributed by atoms with Crippen molar-refractivity contribution in [2.75, 3.05) is 23.7 Å². The Hall–Kier alpha value is -2.43. The number of carbonyl (C=O) groups excluding carboxylic acids is 2. The number of benzene rings is 2. The summed E-state index contributed by atoms with van der Waals surface area (Å²) < 4.78 is 52.7. The molecule has 7 nitrogen and oxygen atoms in total. The van der Waals surface area contributed by atoms with Gasteiger partial charge in [-0.2, -0.15) is 0 Å².